The van der Waals surface area contributed by atoms with Crippen molar-refractivity contribution in [1.82, 2.24) is 9.78 Å². The van der Waals surface area contributed by atoms with E-state index in [9.17, 15) is 14.0 Å². The molecular formula is C20H18FN3O3. The van der Waals surface area contributed by atoms with Crippen molar-refractivity contribution >= 4 is 17.6 Å². The third-order valence-electron chi connectivity index (χ3n) is 3.96. The second kappa shape index (κ2) is 7.82. The lowest BCUT2D eigenvalue weighted by Crippen LogP contribution is -2.30. The fraction of sp³-hybridized carbons (Fsp3) is 0.150. The van der Waals surface area contributed by atoms with Crippen molar-refractivity contribution in [1.29, 1.82) is 0 Å². The van der Waals surface area contributed by atoms with E-state index in [0.29, 0.717) is 16.8 Å². The molecule has 1 aromatic heterocycles. The molecule has 138 valence electrons. The Morgan fingerprint density at radius 1 is 1.19 bits per heavy atom. The molecule has 0 aliphatic heterocycles. The molecule has 0 saturated heterocycles. The number of carbonyl (C=O) groups is 2. The standard InChI is InChI=1S/C20H18FN3O3/c1-13-4-7-16(12-18(13)21)23-19(25)14(2)27-20(26)15-5-8-17(9-6-15)24-11-3-10-22-24/h3-12,14H,1-2H3,(H,23,25)/t14-/m1/s1. The molecule has 3 aromatic rings. The number of benzene rings is 2. The summed E-state index contributed by atoms with van der Waals surface area (Å²) >= 11 is 0. The van der Waals surface area contributed by atoms with E-state index in [1.165, 1.54) is 13.0 Å². The molecule has 0 aliphatic rings. The molecule has 1 atom stereocenters. The molecule has 6 nitrogen and oxygen atoms in total. The van der Waals surface area contributed by atoms with Crippen LogP contribution in [-0.2, 0) is 9.53 Å². The second-order valence-electron chi connectivity index (χ2n) is 6.00. The first-order valence-electron chi connectivity index (χ1n) is 8.32. The molecule has 27 heavy (non-hydrogen) atoms. The molecule has 1 amide bonds. The largest absolute Gasteiger partial charge is 0.449 e. The maximum Gasteiger partial charge on any atom is 0.338 e. The molecule has 3 rings (SSSR count). The lowest BCUT2D eigenvalue weighted by molar-refractivity contribution is -0.123. The van der Waals surface area contributed by atoms with Crippen LogP contribution in [0.3, 0.4) is 0 Å². The van der Waals surface area contributed by atoms with E-state index in [-0.39, 0.29) is 0 Å². The van der Waals surface area contributed by atoms with Gasteiger partial charge in [-0.25, -0.2) is 13.9 Å². The smallest absolute Gasteiger partial charge is 0.338 e. The van der Waals surface area contributed by atoms with Crippen LogP contribution in [-0.4, -0.2) is 27.8 Å². The molecule has 1 heterocycles. The fourth-order valence-electron chi connectivity index (χ4n) is 2.37. The zero-order valence-electron chi connectivity index (χ0n) is 14.8. The molecule has 0 bridgehead atoms. The van der Waals surface area contributed by atoms with E-state index in [0.717, 1.165) is 5.69 Å². The van der Waals surface area contributed by atoms with Crippen molar-refractivity contribution in [2.24, 2.45) is 0 Å². The number of aromatic nitrogens is 2. The van der Waals surface area contributed by atoms with Crippen LogP contribution < -0.4 is 5.32 Å². The normalized spacial score (nSPS) is 11.7. The lowest BCUT2D eigenvalue weighted by atomic mass is 10.2. The number of esters is 1. The molecule has 0 saturated carbocycles. The van der Waals surface area contributed by atoms with Crippen LogP contribution in [0.2, 0.25) is 0 Å². The van der Waals surface area contributed by atoms with Gasteiger partial charge in [-0.15, -0.1) is 0 Å². The number of amides is 1. The summed E-state index contributed by atoms with van der Waals surface area (Å²) in [5, 5.41) is 6.63. The number of nitrogens with zero attached hydrogens (tertiary/aromatic N) is 2. The summed E-state index contributed by atoms with van der Waals surface area (Å²) in [4.78, 5) is 24.4. The Balaban J connectivity index is 1.61. The molecule has 7 heteroatoms. The van der Waals surface area contributed by atoms with Crippen LogP contribution in [0.1, 0.15) is 22.8 Å². The number of nitrogens with one attached hydrogen (secondary N) is 1. The second-order valence-corrected chi connectivity index (χ2v) is 6.00. The first-order valence-corrected chi connectivity index (χ1v) is 8.32. The van der Waals surface area contributed by atoms with Crippen LogP contribution in [0.5, 0.6) is 0 Å². The van der Waals surface area contributed by atoms with Crippen LogP contribution in [0.25, 0.3) is 5.69 Å². The van der Waals surface area contributed by atoms with Gasteiger partial charge >= 0.3 is 5.97 Å². The fourth-order valence-corrected chi connectivity index (χ4v) is 2.37. The first-order chi connectivity index (χ1) is 12.9. The van der Waals surface area contributed by atoms with Gasteiger partial charge in [0.25, 0.3) is 5.91 Å². The van der Waals surface area contributed by atoms with Crippen LogP contribution in [0.4, 0.5) is 10.1 Å². The minimum atomic E-state index is -1.03. The highest BCUT2D eigenvalue weighted by atomic mass is 19.1. The molecule has 0 radical (unpaired) electrons. The van der Waals surface area contributed by atoms with Crippen LogP contribution in [0.15, 0.2) is 60.9 Å². The quantitative estimate of drug-likeness (QED) is 0.701. The van der Waals surface area contributed by atoms with E-state index in [1.54, 1.807) is 66.5 Å². The van der Waals surface area contributed by atoms with E-state index >= 15 is 0 Å². The van der Waals surface area contributed by atoms with Gasteiger partial charge in [0.05, 0.1) is 11.3 Å². The highest BCUT2D eigenvalue weighted by Gasteiger charge is 2.19. The monoisotopic (exact) mass is 367 g/mol. The summed E-state index contributed by atoms with van der Waals surface area (Å²) in [5.41, 5.74) is 1.89. The highest BCUT2D eigenvalue weighted by Crippen LogP contribution is 2.15. The van der Waals surface area contributed by atoms with Gasteiger partial charge in [-0.05, 0) is 61.9 Å². The van der Waals surface area contributed by atoms with Crippen LogP contribution >= 0.6 is 0 Å². The minimum Gasteiger partial charge on any atom is -0.449 e. The minimum absolute atomic E-state index is 0.301. The van der Waals surface area contributed by atoms with E-state index in [2.05, 4.69) is 10.4 Å². The van der Waals surface area contributed by atoms with Gasteiger partial charge in [-0.3, -0.25) is 4.79 Å². The number of anilines is 1. The predicted octanol–water partition coefficient (Wildman–Crippen LogP) is 3.50. The summed E-state index contributed by atoms with van der Waals surface area (Å²) < 4.78 is 20.4. The Labute approximate surface area is 155 Å². The summed E-state index contributed by atoms with van der Waals surface area (Å²) in [6, 6.07) is 12.8. The maximum atomic E-state index is 13.6. The molecule has 0 spiro atoms. The van der Waals surface area contributed by atoms with Crippen LogP contribution in [0, 0.1) is 12.7 Å². The Bertz CT molecular complexity index is 953. The molecule has 0 unspecified atom stereocenters. The number of hydrogen-bond acceptors (Lipinski definition) is 4. The van der Waals surface area contributed by atoms with Gasteiger partial charge in [0.2, 0.25) is 0 Å². The van der Waals surface area contributed by atoms with Gasteiger partial charge < -0.3 is 10.1 Å². The van der Waals surface area contributed by atoms with Crippen molar-refractivity contribution in [2.75, 3.05) is 5.32 Å². The van der Waals surface area contributed by atoms with Gasteiger partial charge in [0.15, 0.2) is 6.10 Å². The molecular weight excluding hydrogens is 349 g/mol. The number of halogens is 1. The Kier molecular flexibility index (Phi) is 5.30. The molecule has 0 fully saturated rings. The van der Waals surface area contributed by atoms with Gasteiger partial charge in [0, 0.05) is 18.1 Å². The van der Waals surface area contributed by atoms with Crippen molar-refractivity contribution < 1.29 is 18.7 Å². The van der Waals surface area contributed by atoms with E-state index in [4.69, 9.17) is 4.74 Å². The third-order valence-corrected chi connectivity index (χ3v) is 3.96. The maximum absolute atomic E-state index is 13.6. The number of ether oxygens (including phenoxy) is 1. The van der Waals surface area contributed by atoms with Crippen molar-refractivity contribution in [3.63, 3.8) is 0 Å². The van der Waals surface area contributed by atoms with Gasteiger partial charge in [0.1, 0.15) is 5.82 Å². The Hall–Kier alpha value is -3.48. The average molecular weight is 367 g/mol. The predicted molar refractivity (Wildman–Crippen MR) is 98.2 cm³/mol. The number of hydrogen-bond donors (Lipinski definition) is 1. The lowest BCUT2D eigenvalue weighted by Gasteiger charge is -2.14. The molecule has 2 aromatic carbocycles. The van der Waals surface area contributed by atoms with Gasteiger partial charge in [-0.2, -0.15) is 5.10 Å². The Morgan fingerprint density at radius 2 is 1.93 bits per heavy atom. The zero-order chi connectivity index (χ0) is 19.4. The number of carbonyl (C=O) groups excluding carboxylic acids is 2. The van der Waals surface area contributed by atoms with E-state index in [1.807, 2.05) is 0 Å². The molecule has 1 N–H and O–H groups in total. The zero-order valence-corrected chi connectivity index (χ0v) is 14.8. The van der Waals surface area contributed by atoms with E-state index < -0.39 is 23.8 Å². The Morgan fingerprint density at radius 3 is 2.56 bits per heavy atom. The number of aryl methyl sites for hydroxylation is 1. The van der Waals surface area contributed by atoms with Crippen molar-refractivity contribution in [2.45, 2.75) is 20.0 Å². The highest BCUT2D eigenvalue weighted by molar-refractivity contribution is 5.97. The van der Waals surface area contributed by atoms with Crippen molar-refractivity contribution in [3.8, 4) is 5.69 Å². The summed E-state index contributed by atoms with van der Waals surface area (Å²) in [5.74, 6) is -1.59. The summed E-state index contributed by atoms with van der Waals surface area (Å²) in [6.45, 7) is 3.08. The SMILES string of the molecule is Cc1ccc(NC(=O)[C@@H](C)OC(=O)c2ccc(-n3cccn3)cc2)cc1F. The topological polar surface area (TPSA) is 73.2 Å². The first kappa shape index (κ1) is 18.3. The molecule has 0 aliphatic carbocycles. The third kappa shape index (κ3) is 4.38. The number of rotatable bonds is 5. The summed E-state index contributed by atoms with van der Waals surface area (Å²) in [6.07, 6.45) is 2.41. The van der Waals surface area contributed by atoms with Crippen molar-refractivity contribution in [3.05, 3.63) is 77.9 Å². The average Bonchev–Trinajstić information content (AvgIpc) is 3.19. The van der Waals surface area contributed by atoms with Gasteiger partial charge in [-0.1, -0.05) is 6.07 Å². The summed E-state index contributed by atoms with van der Waals surface area (Å²) in [7, 11) is 0.